The number of halogens is 1. The summed E-state index contributed by atoms with van der Waals surface area (Å²) in [5, 5.41) is 4.09. The van der Waals surface area contributed by atoms with Gasteiger partial charge in [0.25, 0.3) is 0 Å². The smallest absolute Gasteiger partial charge is 0.0576 e. The van der Waals surface area contributed by atoms with Crippen molar-refractivity contribution in [3.05, 3.63) is 0 Å². The molecule has 3 heteroatoms. The molecule has 2 aliphatic rings. The molecule has 1 heterocycles. The Morgan fingerprint density at radius 2 is 1.94 bits per heavy atom. The van der Waals surface area contributed by atoms with Crippen LogP contribution in [0.2, 0.25) is 0 Å². The predicted molar refractivity (Wildman–Crippen MR) is 68.1 cm³/mol. The molecule has 1 saturated heterocycles. The number of rotatable bonds is 5. The topological polar surface area (TPSA) is 21.3 Å². The number of alkyl halides is 1. The van der Waals surface area contributed by atoms with E-state index in [0.717, 1.165) is 19.2 Å². The van der Waals surface area contributed by atoms with Crippen LogP contribution in [0.15, 0.2) is 0 Å². The minimum Gasteiger partial charge on any atom is -0.378 e. The Bertz CT molecular complexity index is 186. The zero-order valence-corrected chi connectivity index (χ0v) is 10.8. The van der Waals surface area contributed by atoms with Gasteiger partial charge in [0.1, 0.15) is 0 Å². The zero-order chi connectivity index (χ0) is 11.2. The molecule has 1 unspecified atom stereocenters. The van der Waals surface area contributed by atoms with Gasteiger partial charge in [0.05, 0.1) is 6.10 Å². The normalized spacial score (nSPS) is 35.4. The molecule has 0 aromatic carbocycles. The Hall–Kier alpha value is 0.210. The highest BCUT2D eigenvalue weighted by Crippen LogP contribution is 2.23. The van der Waals surface area contributed by atoms with Gasteiger partial charge in [0.15, 0.2) is 0 Å². The van der Waals surface area contributed by atoms with E-state index in [1.165, 1.54) is 51.4 Å². The third kappa shape index (κ3) is 4.23. The van der Waals surface area contributed by atoms with E-state index in [9.17, 15) is 0 Å². The molecule has 16 heavy (non-hydrogen) atoms. The van der Waals surface area contributed by atoms with E-state index in [2.05, 4.69) is 5.32 Å². The number of ether oxygens (including phenoxy) is 1. The standard InChI is InChI=1S/C13H24ClNO/c14-11-5-7-12(8-6-11)15-9-1-3-13-4-2-10-16-13/h11-13,15H,1-10H2. The first-order valence-electron chi connectivity index (χ1n) is 6.83. The lowest BCUT2D eigenvalue weighted by molar-refractivity contribution is 0.102. The molecule has 0 amide bonds. The van der Waals surface area contributed by atoms with Crippen LogP contribution in [0.3, 0.4) is 0 Å². The van der Waals surface area contributed by atoms with Crippen LogP contribution in [0.1, 0.15) is 51.4 Å². The highest BCUT2D eigenvalue weighted by Gasteiger charge is 2.19. The molecule has 0 aromatic rings. The molecule has 1 N–H and O–H groups in total. The molecule has 2 fully saturated rings. The van der Waals surface area contributed by atoms with E-state index in [1.807, 2.05) is 0 Å². The van der Waals surface area contributed by atoms with Gasteiger partial charge in [-0.2, -0.15) is 0 Å². The van der Waals surface area contributed by atoms with Gasteiger partial charge >= 0.3 is 0 Å². The maximum absolute atomic E-state index is 6.09. The maximum Gasteiger partial charge on any atom is 0.0576 e. The first kappa shape index (κ1) is 12.7. The third-order valence-corrected chi connectivity index (χ3v) is 4.25. The fourth-order valence-electron chi connectivity index (χ4n) is 2.76. The summed E-state index contributed by atoms with van der Waals surface area (Å²) in [6.45, 7) is 2.13. The van der Waals surface area contributed by atoms with Crippen molar-refractivity contribution >= 4 is 11.6 Å². The summed E-state index contributed by atoms with van der Waals surface area (Å²) in [4.78, 5) is 0. The molecule has 0 radical (unpaired) electrons. The van der Waals surface area contributed by atoms with Crippen LogP contribution in [0.5, 0.6) is 0 Å². The first-order valence-corrected chi connectivity index (χ1v) is 7.27. The van der Waals surface area contributed by atoms with Gasteiger partial charge in [-0.3, -0.25) is 0 Å². The SMILES string of the molecule is ClC1CCC(NCCCC2CCCO2)CC1. The van der Waals surface area contributed by atoms with Gasteiger partial charge in [-0.1, -0.05) is 0 Å². The summed E-state index contributed by atoms with van der Waals surface area (Å²) < 4.78 is 5.61. The van der Waals surface area contributed by atoms with Crippen LogP contribution in [-0.4, -0.2) is 30.7 Å². The second-order valence-corrected chi connectivity index (χ2v) is 5.80. The summed E-state index contributed by atoms with van der Waals surface area (Å²) in [6.07, 6.45) is 10.5. The number of hydrogen-bond acceptors (Lipinski definition) is 2. The fourth-order valence-corrected chi connectivity index (χ4v) is 3.02. The van der Waals surface area contributed by atoms with Crippen molar-refractivity contribution in [1.29, 1.82) is 0 Å². The molecular weight excluding hydrogens is 222 g/mol. The molecule has 2 nitrogen and oxygen atoms in total. The third-order valence-electron chi connectivity index (χ3n) is 3.82. The lowest BCUT2D eigenvalue weighted by Gasteiger charge is -2.26. The molecule has 0 spiro atoms. The van der Waals surface area contributed by atoms with Crippen molar-refractivity contribution in [2.45, 2.75) is 68.9 Å². The van der Waals surface area contributed by atoms with Crippen molar-refractivity contribution < 1.29 is 4.74 Å². The molecule has 94 valence electrons. The monoisotopic (exact) mass is 245 g/mol. The van der Waals surface area contributed by atoms with Gasteiger partial charge in [-0.25, -0.2) is 0 Å². The van der Waals surface area contributed by atoms with Crippen LogP contribution in [0, 0.1) is 0 Å². The minimum atomic E-state index is 0.435. The molecule has 1 aliphatic carbocycles. The van der Waals surface area contributed by atoms with Crippen molar-refractivity contribution in [3.8, 4) is 0 Å². The minimum absolute atomic E-state index is 0.435. The van der Waals surface area contributed by atoms with Gasteiger partial charge in [-0.05, 0) is 57.9 Å². The molecular formula is C13H24ClNO. The lowest BCUT2D eigenvalue weighted by Crippen LogP contribution is -2.34. The molecule has 2 rings (SSSR count). The number of hydrogen-bond donors (Lipinski definition) is 1. The Balaban J connectivity index is 1.48. The molecule has 0 aromatic heterocycles. The Morgan fingerprint density at radius 3 is 2.62 bits per heavy atom. The molecule has 1 aliphatic heterocycles. The molecule has 0 bridgehead atoms. The highest BCUT2D eigenvalue weighted by atomic mass is 35.5. The predicted octanol–water partition coefficient (Wildman–Crippen LogP) is 3.09. The fraction of sp³-hybridized carbons (Fsp3) is 1.00. The summed E-state index contributed by atoms with van der Waals surface area (Å²) in [7, 11) is 0. The zero-order valence-electron chi connectivity index (χ0n) is 10.1. The van der Waals surface area contributed by atoms with Crippen molar-refractivity contribution in [2.24, 2.45) is 0 Å². The van der Waals surface area contributed by atoms with Gasteiger partial charge in [-0.15, -0.1) is 11.6 Å². The Kier molecular flexibility index (Phi) is 5.40. The summed E-state index contributed by atoms with van der Waals surface area (Å²) >= 11 is 6.09. The van der Waals surface area contributed by atoms with Gasteiger partial charge in [0.2, 0.25) is 0 Å². The van der Waals surface area contributed by atoms with Crippen LogP contribution in [0.25, 0.3) is 0 Å². The van der Waals surface area contributed by atoms with Crippen molar-refractivity contribution in [3.63, 3.8) is 0 Å². The lowest BCUT2D eigenvalue weighted by atomic mass is 9.95. The van der Waals surface area contributed by atoms with E-state index in [-0.39, 0.29) is 0 Å². The maximum atomic E-state index is 6.09. The Morgan fingerprint density at radius 1 is 1.12 bits per heavy atom. The van der Waals surface area contributed by atoms with E-state index >= 15 is 0 Å². The molecule has 1 atom stereocenters. The summed E-state index contributed by atoms with van der Waals surface area (Å²) in [5.41, 5.74) is 0. The van der Waals surface area contributed by atoms with E-state index < -0.39 is 0 Å². The van der Waals surface area contributed by atoms with E-state index in [4.69, 9.17) is 16.3 Å². The number of nitrogens with one attached hydrogen (secondary N) is 1. The average Bonchev–Trinajstić information content (AvgIpc) is 2.80. The van der Waals surface area contributed by atoms with Crippen LogP contribution in [-0.2, 0) is 4.74 Å². The first-order chi connectivity index (χ1) is 7.84. The second kappa shape index (κ2) is 6.83. The largest absolute Gasteiger partial charge is 0.378 e. The summed E-state index contributed by atoms with van der Waals surface area (Å²) in [6, 6.07) is 0.722. The Labute approximate surface area is 104 Å². The van der Waals surface area contributed by atoms with Crippen LogP contribution < -0.4 is 5.32 Å². The van der Waals surface area contributed by atoms with Gasteiger partial charge in [0, 0.05) is 18.0 Å². The van der Waals surface area contributed by atoms with Crippen molar-refractivity contribution in [1.82, 2.24) is 5.32 Å². The second-order valence-electron chi connectivity index (χ2n) is 5.18. The van der Waals surface area contributed by atoms with Crippen molar-refractivity contribution in [2.75, 3.05) is 13.2 Å². The highest BCUT2D eigenvalue weighted by molar-refractivity contribution is 6.20. The van der Waals surface area contributed by atoms with Gasteiger partial charge < -0.3 is 10.1 Å². The van der Waals surface area contributed by atoms with E-state index in [0.29, 0.717) is 11.5 Å². The molecule has 1 saturated carbocycles. The quantitative estimate of drug-likeness (QED) is 0.594. The van der Waals surface area contributed by atoms with E-state index in [1.54, 1.807) is 0 Å². The average molecular weight is 246 g/mol. The summed E-state index contributed by atoms with van der Waals surface area (Å²) in [5.74, 6) is 0. The van der Waals surface area contributed by atoms with Crippen LogP contribution >= 0.6 is 11.6 Å². The van der Waals surface area contributed by atoms with Crippen LogP contribution in [0.4, 0.5) is 0 Å².